The quantitative estimate of drug-likeness (QED) is 0.617. The Labute approximate surface area is 193 Å². The maximum Gasteiger partial charge on any atom is 0.408 e. The van der Waals surface area contributed by atoms with E-state index < -0.39 is 29.3 Å². The van der Waals surface area contributed by atoms with Gasteiger partial charge < -0.3 is 20.3 Å². The van der Waals surface area contributed by atoms with Gasteiger partial charge in [-0.2, -0.15) is 0 Å². The molecule has 7 nitrogen and oxygen atoms in total. The lowest BCUT2D eigenvalue weighted by Gasteiger charge is -2.35. The fourth-order valence-electron chi connectivity index (χ4n) is 3.35. The number of hydrogen-bond acceptors (Lipinski definition) is 4. The second-order valence-corrected chi connectivity index (χ2v) is 10.5. The Balaban J connectivity index is 3.31. The first-order chi connectivity index (χ1) is 14.6. The highest BCUT2D eigenvalue weighted by atomic mass is 16.6. The fourth-order valence-corrected chi connectivity index (χ4v) is 3.35. The molecule has 0 aromatic heterocycles. The number of hydrogen-bond donors (Lipinski definition) is 2. The minimum atomic E-state index is -0.817. The van der Waals surface area contributed by atoms with E-state index in [1.807, 2.05) is 71.9 Å². The van der Waals surface area contributed by atoms with Gasteiger partial charge in [-0.1, -0.05) is 44.2 Å². The van der Waals surface area contributed by atoms with Gasteiger partial charge in [-0.3, -0.25) is 9.59 Å². The van der Waals surface area contributed by atoms with Crippen LogP contribution in [0.3, 0.4) is 0 Å². The van der Waals surface area contributed by atoms with E-state index in [9.17, 15) is 14.4 Å². The number of rotatable bonds is 8. The summed E-state index contributed by atoms with van der Waals surface area (Å²) in [6, 6.07) is 7.60. The summed E-state index contributed by atoms with van der Waals surface area (Å²) < 4.78 is 5.37. The zero-order chi connectivity index (χ0) is 24.7. The molecule has 1 aromatic rings. The lowest BCUT2D eigenvalue weighted by molar-refractivity contribution is -0.143. The van der Waals surface area contributed by atoms with E-state index in [0.29, 0.717) is 18.5 Å². The molecule has 0 fully saturated rings. The largest absolute Gasteiger partial charge is 0.444 e. The van der Waals surface area contributed by atoms with Gasteiger partial charge in [0.25, 0.3) is 0 Å². The van der Waals surface area contributed by atoms with Crippen LogP contribution in [0.25, 0.3) is 0 Å². The number of alkyl carbamates (subject to hydrolysis) is 1. The molecule has 0 bridgehead atoms. The Morgan fingerprint density at radius 2 is 1.56 bits per heavy atom. The lowest BCUT2D eigenvalue weighted by Crippen LogP contribution is -2.54. The second kappa shape index (κ2) is 11.3. The second-order valence-electron chi connectivity index (χ2n) is 10.5. The van der Waals surface area contributed by atoms with Crippen LogP contribution in [0.15, 0.2) is 30.3 Å². The van der Waals surface area contributed by atoms with Crippen molar-refractivity contribution in [3.05, 3.63) is 35.9 Å². The van der Waals surface area contributed by atoms with Crippen LogP contribution in [0.5, 0.6) is 0 Å². The normalized spacial score (nSPS) is 13.8. The van der Waals surface area contributed by atoms with Crippen LogP contribution in [-0.2, 0) is 14.3 Å². The fraction of sp³-hybridized carbons (Fsp3) is 0.640. The highest BCUT2D eigenvalue weighted by molar-refractivity contribution is 5.92. The van der Waals surface area contributed by atoms with Crippen molar-refractivity contribution in [2.45, 2.75) is 92.0 Å². The first kappa shape index (κ1) is 27.5. The van der Waals surface area contributed by atoms with Gasteiger partial charge in [-0.25, -0.2) is 4.79 Å². The van der Waals surface area contributed by atoms with Crippen LogP contribution >= 0.6 is 0 Å². The van der Waals surface area contributed by atoms with Gasteiger partial charge in [0.1, 0.15) is 17.7 Å². The molecule has 0 aliphatic heterocycles. The number of nitrogens with zero attached hydrogens (tertiary/aromatic N) is 1. The first-order valence-corrected chi connectivity index (χ1v) is 11.3. The summed E-state index contributed by atoms with van der Waals surface area (Å²) >= 11 is 0. The number of likely N-dealkylation sites (N-methyl/N-ethyl adjacent to an activating group) is 1. The van der Waals surface area contributed by atoms with Crippen LogP contribution in [-0.4, -0.2) is 46.5 Å². The Bertz CT molecular complexity index is 764. The van der Waals surface area contributed by atoms with Gasteiger partial charge in [0.15, 0.2) is 0 Å². The summed E-state index contributed by atoms with van der Waals surface area (Å²) in [4.78, 5) is 40.9. The van der Waals surface area contributed by atoms with Crippen molar-refractivity contribution in [1.82, 2.24) is 15.5 Å². The minimum absolute atomic E-state index is 0.149. The summed E-state index contributed by atoms with van der Waals surface area (Å²) in [5.41, 5.74) is -0.428. The van der Waals surface area contributed by atoms with Crippen LogP contribution in [0.4, 0.5) is 4.79 Å². The van der Waals surface area contributed by atoms with Gasteiger partial charge in [0, 0.05) is 12.1 Å². The lowest BCUT2D eigenvalue weighted by atomic mass is 9.98. The molecule has 7 heteroatoms. The third-order valence-electron chi connectivity index (χ3n) is 4.49. The zero-order valence-electron chi connectivity index (χ0n) is 21.1. The Kier molecular flexibility index (Phi) is 9.73. The topological polar surface area (TPSA) is 87.7 Å². The summed E-state index contributed by atoms with van der Waals surface area (Å²) in [6.45, 7) is 17.1. The van der Waals surface area contributed by atoms with Crippen LogP contribution < -0.4 is 10.6 Å². The molecular formula is C25H41N3O4. The van der Waals surface area contributed by atoms with E-state index in [1.54, 1.807) is 20.8 Å². The summed E-state index contributed by atoms with van der Waals surface area (Å²) in [7, 11) is 0. The van der Waals surface area contributed by atoms with Crippen molar-refractivity contribution in [1.29, 1.82) is 0 Å². The van der Waals surface area contributed by atoms with Crippen molar-refractivity contribution in [3.63, 3.8) is 0 Å². The molecule has 180 valence electrons. The van der Waals surface area contributed by atoms with E-state index >= 15 is 0 Å². The average Bonchev–Trinajstić information content (AvgIpc) is 2.62. The van der Waals surface area contributed by atoms with Gasteiger partial charge in [0.2, 0.25) is 11.8 Å². The monoisotopic (exact) mass is 447 g/mol. The number of benzene rings is 1. The molecule has 0 saturated heterocycles. The molecule has 0 spiro atoms. The van der Waals surface area contributed by atoms with Gasteiger partial charge >= 0.3 is 6.09 Å². The smallest absolute Gasteiger partial charge is 0.408 e. The molecule has 2 unspecified atom stereocenters. The summed E-state index contributed by atoms with van der Waals surface area (Å²) in [6.07, 6.45) is -0.222. The van der Waals surface area contributed by atoms with Crippen molar-refractivity contribution in [3.8, 4) is 0 Å². The van der Waals surface area contributed by atoms with Crippen LogP contribution in [0.2, 0.25) is 0 Å². The minimum Gasteiger partial charge on any atom is -0.444 e. The van der Waals surface area contributed by atoms with Crippen molar-refractivity contribution >= 4 is 17.9 Å². The van der Waals surface area contributed by atoms with Crippen LogP contribution in [0.1, 0.15) is 80.3 Å². The van der Waals surface area contributed by atoms with E-state index in [-0.39, 0.29) is 17.7 Å². The number of carbonyl (C=O) groups excluding carboxylic acids is 3. The van der Waals surface area contributed by atoms with E-state index in [2.05, 4.69) is 10.6 Å². The van der Waals surface area contributed by atoms with Gasteiger partial charge in [-0.05, 0) is 66.4 Å². The molecule has 0 heterocycles. The molecule has 2 N–H and O–H groups in total. The molecular weight excluding hydrogens is 406 g/mol. The Morgan fingerprint density at radius 3 is 2.00 bits per heavy atom. The molecule has 0 saturated carbocycles. The maximum absolute atomic E-state index is 13.7. The van der Waals surface area contributed by atoms with Crippen LogP contribution in [0, 0.1) is 5.92 Å². The first-order valence-electron chi connectivity index (χ1n) is 11.3. The number of nitrogens with one attached hydrogen (secondary N) is 2. The van der Waals surface area contributed by atoms with Gasteiger partial charge in [0.05, 0.1) is 0 Å². The predicted octanol–water partition coefficient (Wildman–Crippen LogP) is 4.43. The van der Waals surface area contributed by atoms with E-state index in [1.165, 1.54) is 4.90 Å². The molecule has 0 radical (unpaired) electrons. The third-order valence-corrected chi connectivity index (χ3v) is 4.49. The SMILES string of the molecule is CCN(C(=O)C(CC(C)C)NC(=O)OC(C)(C)C)C(C(=O)NC(C)(C)C)c1ccccc1. The maximum atomic E-state index is 13.7. The average molecular weight is 448 g/mol. The summed E-state index contributed by atoms with van der Waals surface area (Å²) in [5.74, 6) is -0.430. The number of amides is 3. The molecule has 3 amide bonds. The Morgan fingerprint density at radius 1 is 1.00 bits per heavy atom. The molecule has 1 rings (SSSR count). The summed E-state index contributed by atoms with van der Waals surface area (Å²) in [5, 5.41) is 5.72. The van der Waals surface area contributed by atoms with E-state index in [4.69, 9.17) is 4.74 Å². The molecule has 0 aliphatic carbocycles. The van der Waals surface area contributed by atoms with Crippen molar-refractivity contribution in [2.24, 2.45) is 5.92 Å². The predicted molar refractivity (Wildman–Crippen MR) is 127 cm³/mol. The van der Waals surface area contributed by atoms with Gasteiger partial charge in [-0.15, -0.1) is 0 Å². The molecule has 1 aromatic carbocycles. The van der Waals surface area contributed by atoms with Crippen molar-refractivity contribution < 1.29 is 19.1 Å². The van der Waals surface area contributed by atoms with Crippen molar-refractivity contribution in [2.75, 3.05) is 6.54 Å². The highest BCUT2D eigenvalue weighted by Crippen LogP contribution is 2.24. The zero-order valence-corrected chi connectivity index (χ0v) is 21.1. The molecule has 0 aliphatic rings. The highest BCUT2D eigenvalue weighted by Gasteiger charge is 2.36. The Hall–Kier alpha value is -2.57. The number of carbonyl (C=O) groups is 3. The standard InChI is InChI=1S/C25H41N3O4/c1-10-28(20(18-14-12-11-13-15-18)21(29)27-24(4,5)6)22(30)19(16-17(2)3)26-23(31)32-25(7,8)9/h11-15,17,19-20H,10,16H2,1-9H3,(H,26,31)(H,27,29). The number of ether oxygens (including phenoxy) is 1. The molecule has 2 atom stereocenters. The molecule has 32 heavy (non-hydrogen) atoms. The van der Waals surface area contributed by atoms with E-state index in [0.717, 1.165) is 0 Å². The third kappa shape index (κ3) is 9.28.